The van der Waals surface area contributed by atoms with E-state index in [0.29, 0.717) is 16.2 Å². The first-order valence-electron chi connectivity index (χ1n) is 3.76. The molecule has 0 bridgehead atoms. The van der Waals surface area contributed by atoms with Crippen molar-refractivity contribution in [3.05, 3.63) is 18.5 Å². The minimum atomic E-state index is -1.28. The average Bonchev–Trinajstić information content (AvgIpc) is 2.62. The second-order valence-corrected chi connectivity index (χ2v) is 2.59. The molecular formula is C7H7N5O2. The largest absolute Gasteiger partial charge is 0.464 e. The molecular weight excluding hydrogens is 186 g/mol. The number of aromatic nitrogens is 3. The van der Waals surface area contributed by atoms with E-state index in [1.807, 2.05) is 0 Å². The molecule has 0 radical (unpaired) electrons. The average molecular weight is 193 g/mol. The van der Waals surface area contributed by atoms with Crippen molar-refractivity contribution in [3.8, 4) is 0 Å². The Hall–Kier alpha value is -2.15. The summed E-state index contributed by atoms with van der Waals surface area (Å²) in [5.41, 5.74) is 1.16. The number of aromatic amines is 1. The molecule has 0 spiro atoms. The van der Waals surface area contributed by atoms with Gasteiger partial charge >= 0.3 is 6.09 Å². The molecule has 0 aliphatic rings. The highest BCUT2D eigenvalue weighted by Gasteiger charge is 2.11. The molecule has 0 saturated carbocycles. The Kier molecular flexibility index (Phi) is 1.79. The van der Waals surface area contributed by atoms with E-state index in [9.17, 15) is 4.79 Å². The third-order valence-corrected chi connectivity index (χ3v) is 1.70. The molecule has 7 nitrogen and oxygen atoms in total. The predicted octanol–water partition coefficient (Wildman–Crippen LogP) is 0.316. The lowest BCUT2D eigenvalue weighted by molar-refractivity contribution is 0.201. The van der Waals surface area contributed by atoms with Gasteiger partial charge in [0.25, 0.3) is 0 Å². The SMILES string of the molecule is NN(C(=O)O)c1cnc2[nH]ccc2n1. The lowest BCUT2D eigenvalue weighted by Crippen LogP contribution is -2.36. The number of rotatable bonds is 1. The molecule has 2 rings (SSSR count). The van der Waals surface area contributed by atoms with E-state index >= 15 is 0 Å². The monoisotopic (exact) mass is 193 g/mol. The minimum Gasteiger partial charge on any atom is -0.464 e. The molecule has 0 aliphatic carbocycles. The fourth-order valence-corrected chi connectivity index (χ4v) is 1.03. The molecule has 1 amide bonds. The normalized spacial score (nSPS) is 10.4. The molecule has 0 fully saturated rings. The third kappa shape index (κ3) is 1.25. The number of H-pyrrole nitrogens is 1. The van der Waals surface area contributed by atoms with Gasteiger partial charge in [0.05, 0.1) is 6.20 Å². The summed E-state index contributed by atoms with van der Waals surface area (Å²) in [6.45, 7) is 0. The van der Waals surface area contributed by atoms with Crippen molar-refractivity contribution in [1.29, 1.82) is 0 Å². The van der Waals surface area contributed by atoms with Crippen LogP contribution in [-0.2, 0) is 0 Å². The van der Waals surface area contributed by atoms with Crippen molar-refractivity contribution >= 4 is 23.1 Å². The van der Waals surface area contributed by atoms with Gasteiger partial charge in [0, 0.05) is 6.20 Å². The number of nitrogens with one attached hydrogen (secondary N) is 1. The lowest BCUT2D eigenvalue weighted by Gasteiger charge is -2.09. The second kappa shape index (κ2) is 2.96. The van der Waals surface area contributed by atoms with E-state index in [2.05, 4.69) is 15.0 Å². The summed E-state index contributed by atoms with van der Waals surface area (Å²) in [6.07, 6.45) is 1.66. The van der Waals surface area contributed by atoms with Crippen molar-refractivity contribution in [2.24, 2.45) is 5.84 Å². The number of amides is 1. The molecule has 7 heteroatoms. The van der Waals surface area contributed by atoms with Crippen LogP contribution >= 0.6 is 0 Å². The zero-order valence-corrected chi connectivity index (χ0v) is 7.01. The highest BCUT2D eigenvalue weighted by molar-refractivity contribution is 5.84. The van der Waals surface area contributed by atoms with Crippen LogP contribution in [-0.4, -0.2) is 26.2 Å². The van der Waals surface area contributed by atoms with Gasteiger partial charge in [0.2, 0.25) is 0 Å². The molecule has 14 heavy (non-hydrogen) atoms. The Bertz CT molecular complexity index is 480. The summed E-state index contributed by atoms with van der Waals surface area (Å²) in [4.78, 5) is 21.3. The lowest BCUT2D eigenvalue weighted by atomic mass is 10.5. The summed E-state index contributed by atoms with van der Waals surface area (Å²) < 4.78 is 0. The van der Waals surface area contributed by atoms with Crippen molar-refractivity contribution in [3.63, 3.8) is 0 Å². The van der Waals surface area contributed by atoms with Crippen LogP contribution in [0.25, 0.3) is 11.2 Å². The van der Waals surface area contributed by atoms with Crippen molar-refractivity contribution in [2.45, 2.75) is 0 Å². The predicted molar refractivity (Wildman–Crippen MR) is 48.6 cm³/mol. The van der Waals surface area contributed by atoms with Gasteiger partial charge in [0.1, 0.15) is 5.52 Å². The maximum atomic E-state index is 10.5. The zero-order chi connectivity index (χ0) is 10.1. The molecule has 0 saturated heterocycles. The molecule has 0 atom stereocenters. The van der Waals surface area contributed by atoms with Gasteiger partial charge in [-0.05, 0) is 6.07 Å². The number of nitrogens with two attached hydrogens (primary N) is 1. The van der Waals surface area contributed by atoms with E-state index in [1.165, 1.54) is 6.20 Å². The van der Waals surface area contributed by atoms with E-state index in [-0.39, 0.29) is 5.82 Å². The van der Waals surface area contributed by atoms with Gasteiger partial charge in [-0.3, -0.25) is 0 Å². The molecule has 2 aromatic heterocycles. The van der Waals surface area contributed by atoms with Gasteiger partial charge in [-0.1, -0.05) is 0 Å². The molecule has 2 heterocycles. The van der Waals surface area contributed by atoms with Crippen LogP contribution in [0.15, 0.2) is 18.5 Å². The van der Waals surface area contributed by atoms with Gasteiger partial charge < -0.3 is 10.1 Å². The van der Waals surface area contributed by atoms with Crippen molar-refractivity contribution in [2.75, 3.05) is 5.01 Å². The fourth-order valence-electron chi connectivity index (χ4n) is 1.03. The maximum absolute atomic E-state index is 10.5. The summed E-state index contributed by atoms with van der Waals surface area (Å²) in [5, 5.41) is 9.10. The van der Waals surface area contributed by atoms with Crippen LogP contribution in [0, 0.1) is 0 Å². The van der Waals surface area contributed by atoms with E-state index in [0.717, 1.165) is 0 Å². The van der Waals surface area contributed by atoms with E-state index in [1.54, 1.807) is 12.3 Å². The van der Waals surface area contributed by atoms with Crippen LogP contribution in [0.3, 0.4) is 0 Å². The Balaban J connectivity index is 2.48. The first-order chi connectivity index (χ1) is 6.68. The summed E-state index contributed by atoms with van der Waals surface area (Å²) >= 11 is 0. The molecule has 0 aromatic carbocycles. The number of hydrogen-bond acceptors (Lipinski definition) is 4. The first-order valence-corrected chi connectivity index (χ1v) is 3.76. The Morgan fingerprint density at radius 2 is 2.43 bits per heavy atom. The maximum Gasteiger partial charge on any atom is 0.427 e. The number of nitrogens with zero attached hydrogens (tertiary/aromatic N) is 3. The minimum absolute atomic E-state index is 0.0876. The number of hydrazine groups is 1. The van der Waals surface area contributed by atoms with Crippen LogP contribution in [0.5, 0.6) is 0 Å². The summed E-state index contributed by atoms with van der Waals surface area (Å²) in [6, 6.07) is 1.68. The number of fused-ring (bicyclic) bond motifs is 1. The van der Waals surface area contributed by atoms with Crippen LogP contribution in [0.1, 0.15) is 0 Å². The highest BCUT2D eigenvalue weighted by atomic mass is 16.4. The van der Waals surface area contributed by atoms with E-state index < -0.39 is 6.09 Å². The Morgan fingerprint density at radius 3 is 3.14 bits per heavy atom. The molecule has 2 aromatic rings. The van der Waals surface area contributed by atoms with E-state index in [4.69, 9.17) is 10.9 Å². The highest BCUT2D eigenvalue weighted by Crippen LogP contribution is 2.11. The van der Waals surface area contributed by atoms with Crippen LogP contribution < -0.4 is 10.9 Å². The number of anilines is 1. The second-order valence-electron chi connectivity index (χ2n) is 2.59. The number of carbonyl (C=O) groups is 1. The number of carboxylic acid groups (broad SMARTS) is 1. The van der Waals surface area contributed by atoms with Crippen molar-refractivity contribution < 1.29 is 9.90 Å². The zero-order valence-electron chi connectivity index (χ0n) is 7.01. The Morgan fingerprint density at radius 1 is 1.64 bits per heavy atom. The standard InChI is InChI=1S/C7H7N5O2/c8-12(7(13)14)5-3-10-6-4(11-5)1-2-9-6/h1-3H,8H2,(H,9,10)(H,13,14). The Labute approximate surface area is 78.2 Å². The van der Waals surface area contributed by atoms with Gasteiger partial charge in [-0.25, -0.2) is 20.6 Å². The first kappa shape index (κ1) is 8.45. The number of hydrogen-bond donors (Lipinski definition) is 3. The molecule has 0 unspecified atom stereocenters. The van der Waals surface area contributed by atoms with Gasteiger partial charge in [-0.2, -0.15) is 5.01 Å². The fraction of sp³-hybridized carbons (Fsp3) is 0. The van der Waals surface area contributed by atoms with Crippen LogP contribution in [0.2, 0.25) is 0 Å². The van der Waals surface area contributed by atoms with Crippen LogP contribution in [0.4, 0.5) is 10.6 Å². The van der Waals surface area contributed by atoms with Crippen molar-refractivity contribution in [1.82, 2.24) is 15.0 Å². The topological polar surface area (TPSA) is 108 Å². The molecule has 4 N–H and O–H groups in total. The third-order valence-electron chi connectivity index (χ3n) is 1.70. The van der Waals surface area contributed by atoms with Gasteiger partial charge in [0.15, 0.2) is 11.5 Å². The quantitative estimate of drug-likeness (QED) is 0.343. The molecule has 0 aliphatic heterocycles. The molecule has 72 valence electrons. The summed E-state index contributed by atoms with van der Waals surface area (Å²) in [7, 11) is 0. The van der Waals surface area contributed by atoms with Gasteiger partial charge in [-0.15, -0.1) is 0 Å². The summed E-state index contributed by atoms with van der Waals surface area (Å²) in [5.74, 6) is 5.31. The smallest absolute Gasteiger partial charge is 0.427 e.